The number of hydrogen-bond acceptors (Lipinski definition) is 13. The second-order valence-electron chi connectivity index (χ2n) is 9.71. The maximum Gasteiger partial charge on any atom is 0.304 e. The number of benzene rings is 2. The highest BCUT2D eigenvalue weighted by molar-refractivity contribution is 7.82. The van der Waals surface area contributed by atoms with Gasteiger partial charge in [0.1, 0.15) is 10.0 Å². The summed E-state index contributed by atoms with van der Waals surface area (Å²) in [6.07, 6.45) is 2.76. The van der Waals surface area contributed by atoms with Gasteiger partial charge in [-0.1, -0.05) is 83.3 Å². The van der Waals surface area contributed by atoms with Crippen molar-refractivity contribution in [1.82, 2.24) is 20.4 Å². The molecule has 0 fully saturated rings. The Bertz CT molecular complexity index is 1500. The molecule has 0 bridgehead atoms. The lowest BCUT2D eigenvalue weighted by molar-refractivity contribution is -0.163. The Kier molecular flexibility index (Phi) is 10.8. The van der Waals surface area contributed by atoms with E-state index in [0.717, 1.165) is 17.8 Å². The van der Waals surface area contributed by atoms with E-state index in [0.29, 0.717) is 34.1 Å². The number of unbranched alkanes of at least 4 members (excludes halogenated alkanes) is 1. The van der Waals surface area contributed by atoms with E-state index in [1.54, 1.807) is 60.7 Å². The molecule has 2 amide bonds. The van der Waals surface area contributed by atoms with Gasteiger partial charge in [-0.3, -0.25) is 29.8 Å². The minimum Gasteiger partial charge on any atom is -0.444 e. The number of hydrogen-bond donors (Lipinski definition) is 3. The molecule has 0 aliphatic carbocycles. The van der Waals surface area contributed by atoms with Crippen LogP contribution in [0.3, 0.4) is 0 Å². The molecule has 0 saturated heterocycles. The van der Waals surface area contributed by atoms with Gasteiger partial charge >= 0.3 is 11.9 Å². The van der Waals surface area contributed by atoms with Crippen molar-refractivity contribution in [3.63, 3.8) is 0 Å². The Labute approximate surface area is 267 Å². The maximum absolute atomic E-state index is 13.1. The fraction of sp³-hybridized carbons (Fsp3) is 0.310. The van der Waals surface area contributed by atoms with Crippen molar-refractivity contribution in [3.8, 4) is 0 Å². The van der Waals surface area contributed by atoms with Crippen molar-refractivity contribution in [2.75, 3.05) is 10.6 Å². The molecular formula is C29H30N6O6S3. The number of rotatable bonds is 13. The maximum atomic E-state index is 13.1. The molecule has 0 spiro atoms. The minimum absolute atomic E-state index is 0.257. The molecule has 2 N–H and O–H groups in total. The summed E-state index contributed by atoms with van der Waals surface area (Å²) in [5, 5.41) is 23.8. The molecule has 2 aromatic carbocycles. The van der Waals surface area contributed by atoms with E-state index in [2.05, 4.69) is 43.7 Å². The van der Waals surface area contributed by atoms with E-state index in [-0.39, 0.29) is 5.13 Å². The van der Waals surface area contributed by atoms with Crippen molar-refractivity contribution in [1.29, 1.82) is 0 Å². The molecular weight excluding hydrogens is 625 g/mol. The van der Waals surface area contributed by atoms with Gasteiger partial charge in [-0.25, -0.2) is 0 Å². The van der Waals surface area contributed by atoms with Gasteiger partial charge in [0.15, 0.2) is 0 Å². The number of aromatic nitrogens is 4. The Morgan fingerprint density at radius 3 is 1.64 bits per heavy atom. The largest absolute Gasteiger partial charge is 0.444 e. The SMILES string of the molecule is CC(=O)OC(C)(C(=O)Nc1nnc(CCCCc2nnc(NC(=O)C(S)(OC(C)=O)c3ccccc3)s2)s1)c1ccccc1. The van der Waals surface area contributed by atoms with Crippen LogP contribution in [-0.4, -0.2) is 44.1 Å². The van der Waals surface area contributed by atoms with Crippen molar-refractivity contribution < 1.29 is 28.7 Å². The standard InChI is InChI=1S/C29H30N6O6S3/c1-18(36)40-28(3,20-12-6-4-7-13-20)24(38)30-26-34-32-22(43-26)16-10-11-17-23-33-35-27(44-23)31-25(39)29(42,41-19(2)37)21-14-8-5-9-15-21/h4-9,12-15,42H,10-11,16-17H2,1-3H3,(H,30,34,38)(H,31,35,39). The van der Waals surface area contributed by atoms with Crippen LogP contribution in [0.25, 0.3) is 0 Å². The van der Waals surface area contributed by atoms with Gasteiger partial charge in [0, 0.05) is 37.8 Å². The van der Waals surface area contributed by atoms with Crippen molar-refractivity contribution in [2.45, 2.75) is 57.0 Å². The smallest absolute Gasteiger partial charge is 0.304 e. The van der Waals surface area contributed by atoms with Crippen LogP contribution in [0.15, 0.2) is 60.7 Å². The monoisotopic (exact) mass is 654 g/mol. The van der Waals surface area contributed by atoms with Gasteiger partial charge in [0.2, 0.25) is 15.9 Å². The normalized spacial score (nSPS) is 13.6. The molecule has 2 atom stereocenters. The molecule has 2 aromatic heterocycles. The lowest BCUT2D eigenvalue weighted by atomic mass is 9.94. The average Bonchev–Trinajstić information content (AvgIpc) is 3.64. The third-order valence-corrected chi connectivity index (χ3v) is 8.63. The fourth-order valence-corrected chi connectivity index (χ4v) is 6.04. The Balaban J connectivity index is 1.28. The van der Waals surface area contributed by atoms with E-state index >= 15 is 0 Å². The molecule has 44 heavy (non-hydrogen) atoms. The van der Waals surface area contributed by atoms with Gasteiger partial charge in [0.25, 0.3) is 16.7 Å². The summed E-state index contributed by atoms with van der Waals surface area (Å²) in [7, 11) is 0. The van der Waals surface area contributed by atoms with Gasteiger partial charge in [-0.05, 0) is 19.8 Å². The third-order valence-electron chi connectivity index (χ3n) is 6.28. The van der Waals surface area contributed by atoms with Crippen LogP contribution in [0, 0.1) is 0 Å². The van der Waals surface area contributed by atoms with E-state index < -0.39 is 34.3 Å². The summed E-state index contributed by atoms with van der Waals surface area (Å²) in [5.74, 6) is -2.44. The highest BCUT2D eigenvalue weighted by Gasteiger charge is 2.41. The quantitative estimate of drug-likeness (QED) is 0.0800. The number of aryl methyl sites for hydroxylation is 2. The molecule has 0 aliphatic rings. The molecule has 15 heteroatoms. The van der Waals surface area contributed by atoms with Gasteiger partial charge in [-0.15, -0.1) is 33.0 Å². The second-order valence-corrected chi connectivity index (χ2v) is 12.5. The van der Waals surface area contributed by atoms with Crippen LogP contribution >= 0.6 is 35.3 Å². The number of anilines is 2. The summed E-state index contributed by atoms with van der Waals surface area (Å²) in [4.78, 5) is 47.8. The molecule has 0 radical (unpaired) electrons. The number of nitrogens with zero attached hydrogens (tertiary/aromatic N) is 4. The fourth-order valence-electron chi connectivity index (χ4n) is 4.15. The highest BCUT2D eigenvalue weighted by atomic mass is 32.1. The number of amides is 2. The molecule has 2 heterocycles. The summed E-state index contributed by atoms with van der Waals surface area (Å²) < 4.78 is 10.7. The van der Waals surface area contributed by atoms with Crippen LogP contribution in [-0.2, 0) is 52.0 Å². The second kappa shape index (κ2) is 14.5. The van der Waals surface area contributed by atoms with Crippen molar-refractivity contribution in [2.24, 2.45) is 0 Å². The molecule has 4 rings (SSSR count). The summed E-state index contributed by atoms with van der Waals surface area (Å²) in [5.41, 5.74) is -0.604. The first-order valence-electron chi connectivity index (χ1n) is 13.5. The van der Waals surface area contributed by atoms with Gasteiger partial charge in [0.05, 0.1) is 0 Å². The zero-order chi connectivity index (χ0) is 31.7. The summed E-state index contributed by atoms with van der Waals surface area (Å²) in [6.45, 7) is 3.99. The van der Waals surface area contributed by atoms with E-state index in [1.165, 1.54) is 43.4 Å². The molecule has 4 aromatic rings. The molecule has 230 valence electrons. The van der Waals surface area contributed by atoms with Gasteiger partial charge < -0.3 is 9.47 Å². The van der Waals surface area contributed by atoms with Crippen LogP contribution < -0.4 is 10.6 Å². The Morgan fingerprint density at radius 1 is 0.705 bits per heavy atom. The summed E-state index contributed by atoms with van der Waals surface area (Å²) in [6, 6.07) is 17.2. The van der Waals surface area contributed by atoms with Gasteiger partial charge in [-0.2, -0.15) is 0 Å². The van der Waals surface area contributed by atoms with Crippen LogP contribution in [0.4, 0.5) is 10.3 Å². The minimum atomic E-state index is -1.83. The van der Waals surface area contributed by atoms with Crippen molar-refractivity contribution >= 4 is 69.3 Å². The zero-order valence-electron chi connectivity index (χ0n) is 24.1. The predicted molar refractivity (Wildman–Crippen MR) is 168 cm³/mol. The molecule has 12 nitrogen and oxygen atoms in total. The number of thiol groups is 1. The molecule has 2 unspecified atom stereocenters. The first kappa shape index (κ1) is 32.7. The lowest BCUT2D eigenvalue weighted by Gasteiger charge is -2.27. The zero-order valence-corrected chi connectivity index (χ0v) is 26.6. The first-order valence-corrected chi connectivity index (χ1v) is 15.6. The lowest BCUT2D eigenvalue weighted by Crippen LogP contribution is -2.41. The Morgan fingerprint density at radius 2 is 1.16 bits per heavy atom. The third kappa shape index (κ3) is 8.24. The molecule has 0 aliphatic heterocycles. The van der Waals surface area contributed by atoms with Crippen molar-refractivity contribution in [3.05, 3.63) is 81.8 Å². The van der Waals surface area contributed by atoms with Crippen LogP contribution in [0.2, 0.25) is 0 Å². The number of carbonyl (C=O) groups excluding carboxylic acids is 4. The number of ether oxygens (including phenoxy) is 2. The van der Waals surface area contributed by atoms with E-state index in [1.807, 2.05) is 0 Å². The Hall–Kier alpha value is -4.21. The molecule has 0 saturated carbocycles. The van der Waals surface area contributed by atoms with E-state index in [9.17, 15) is 19.2 Å². The first-order chi connectivity index (χ1) is 21.0. The number of carbonyl (C=O) groups is 4. The number of nitrogens with one attached hydrogen (secondary N) is 2. The topological polar surface area (TPSA) is 162 Å². The van der Waals surface area contributed by atoms with Crippen LogP contribution in [0.1, 0.15) is 54.8 Å². The highest BCUT2D eigenvalue weighted by Crippen LogP contribution is 2.33. The summed E-state index contributed by atoms with van der Waals surface area (Å²) >= 11 is 6.85. The average molecular weight is 655 g/mol. The van der Waals surface area contributed by atoms with Crippen LogP contribution in [0.5, 0.6) is 0 Å². The van der Waals surface area contributed by atoms with E-state index in [4.69, 9.17) is 9.47 Å². The predicted octanol–water partition coefficient (Wildman–Crippen LogP) is 4.66. The number of esters is 2.